The number of benzene rings is 1. The molecule has 1 saturated heterocycles. The minimum absolute atomic E-state index is 0.139. The summed E-state index contributed by atoms with van der Waals surface area (Å²) < 4.78 is 0. The summed E-state index contributed by atoms with van der Waals surface area (Å²) in [5, 5.41) is 19.8. The van der Waals surface area contributed by atoms with Crippen LogP contribution < -0.4 is 0 Å². The Labute approximate surface area is 124 Å². The van der Waals surface area contributed by atoms with E-state index in [4.69, 9.17) is 0 Å². The van der Waals surface area contributed by atoms with Crippen LogP contribution in [0.1, 0.15) is 43.9 Å². The summed E-state index contributed by atoms with van der Waals surface area (Å²) >= 11 is 0. The number of carboxylic acid groups (broad SMARTS) is 1. The van der Waals surface area contributed by atoms with Crippen molar-refractivity contribution in [3.05, 3.63) is 41.5 Å². The number of likely N-dealkylation sites (tertiary alicyclic amines) is 1. The Bertz CT molecular complexity index is 606. The number of hydrogen-bond donors (Lipinski definition) is 2. The average molecular weight is 287 g/mol. The molecule has 1 heterocycles. The first-order valence-electron chi connectivity index (χ1n) is 7.40. The molecule has 1 fully saturated rings. The molecular weight excluding hydrogens is 266 g/mol. The third-order valence-electron chi connectivity index (χ3n) is 4.74. The lowest BCUT2D eigenvalue weighted by molar-refractivity contribution is 0.0666. The van der Waals surface area contributed by atoms with Crippen molar-refractivity contribution in [2.45, 2.75) is 38.8 Å². The van der Waals surface area contributed by atoms with Crippen LogP contribution in [0.5, 0.6) is 0 Å². The first-order chi connectivity index (χ1) is 9.92. The van der Waals surface area contributed by atoms with E-state index in [1.165, 1.54) is 4.90 Å². The van der Waals surface area contributed by atoms with Gasteiger partial charge in [0.05, 0.1) is 12.1 Å². The summed E-state index contributed by atoms with van der Waals surface area (Å²) in [4.78, 5) is 13.2. The van der Waals surface area contributed by atoms with Crippen molar-refractivity contribution in [3.63, 3.8) is 0 Å². The van der Waals surface area contributed by atoms with E-state index in [9.17, 15) is 15.0 Å². The van der Waals surface area contributed by atoms with Gasteiger partial charge in [-0.1, -0.05) is 38.1 Å². The summed E-state index contributed by atoms with van der Waals surface area (Å²) in [5.74, 6) is 0. The van der Waals surface area contributed by atoms with E-state index in [0.29, 0.717) is 6.54 Å². The van der Waals surface area contributed by atoms with Crippen LogP contribution in [-0.4, -0.2) is 33.8 Å². The van der Waals surface area contributed by atoms with Crippen LogP contribution >= 0.6 is 0 Å². The second-order valence-corrected chi connectivity index (χ2v) is 6.62. The van der Waals surface area contributed by atoms with Gasteiger partial charge in [-0.3, -0.25) is 0 Å². The lowest BCUT2D eigenvalue weighted by atomic mass is 9.72. The third kappa shape index (κ3) is 2.23. The zero-order valence-electron chi connectivity index (χ0n) is 12.4. The first kappa shape index (κ1) is 14.1. The van der Waals surface area contributed by atoms with Gasteiger partial charge in [0.25, 0.3) is 0 Å². The van der Waals surface area contributed by atoms with E-state index >= 15 is 0 Å². The van der Waals surface area contributed by atoms with Crippen molar-refractivity contribution in [2.24, 2.45) is 5.41 Å². The van der Waals surface area contributed by atoms with Gasteiger partial charge in [0, 0.05) is 6.54 Å². The Kier molecular flexibility index (Phi) is 3.29. The molecule has 3 rings (SSSR count). The lowest BCUT2D eigenvalue weighted by Gasteiger charge is -2.46. The van der Waals surface area contributed by atoms with Crippen molar-refractivity contribution in [2.75, 3.05) is 6.54 Å². The molecule has 0 spiro atoms. The molecule has 21 heavy (non-hydrogen) atoms. The van der Waals surface area contributed by atoms with Crippen molar-refractivity contribution >= 4 is 11.7 Å². The fourth-order valence-electron chi connectivity index (χ4n) is 3.79. The number of aliphatic hydroxyl groups is 1. The molecule has 2 atom stereocenters. The predicted molar refractivity (Wildman–Crippen MR) is 80.9 cm³/mol. The van der Waals surface area contributed by atoms with E-state index in [-0.39, 0.29) is 11.5 Å². The molecule has 4 nitrogen and oxygen atoms in total. The van der Waals surface area contributed by atoms with E-state index < -0.39 is 12.2 Å². The number of aliphatic hydroxyl groups excluding tert-OH is 1. The Morgan fingerprint density at radius 3 is 2.76 bits per heavy atom. The smallest absolute Gasteiger partial charge is 0.407 e. The molecule has 2 unspecified atom stereocenters. The minimum atomic E-state index is -0.882. The van der Waals surface area contributed by atoms with Gasteiger partial charge in [-0.2, -0.15) is 0 Å². The fraction of sp³-hybridized carbons (Fsp3) is 0.471. The Hall–Kier alpha value is -1.81. The van der Waals surface area contributed by atoms with Crippen LogP contribution in [-0.2, 0) is 0 Å². The fourth-order valence-corrected chi connectivity index (χ4v) is 3.79. The maximum atomic E-state index is 11.6. The van der Waals surface area contributed by atoms with Crippen LogP contribution in [0, 0.1) is 5.41 Å². The maximum absolute atomic E-state index is 11.6. The quantitative estimate of drug-likeness (QED) is 0.833. The Morgan fingerprint density at radius 1 is 1.33 bits per heavy atom. The van der Waals surface area contributed by atoms with Crippen LogP contribution in [0.2, 0.25) is 0 Å². The van der Waals surface area contributed by atoms with E-state index in [0.717, 1.165) is 29.5 Å². The summed E-state index contributed by atoms with van der Waals surface area (Å²) in [7, 11) is 0. The molecule has 1 aromatic rings. The highest BCUT2D eigenvalue weighted by Gasteiger charge is 2.44. The van der Waals surface area contributed by atoms with Gasteiger partial charge in [-0.05, 0) is 41.0 Å². The standard InChI is InChI=1S/C17H21NO3/c1-17(2)8-5-9-18(16(20)21)15(17)13-10-14(19)12-7-4-3-6-11(12)13/h3-4,6-7,10,14-15,19H,5,8-9H2,1-2H3,(H,20,21). The topological polar surface area (TPSA) is 60.8 Å². The number of fused-ring (bicyclic) bond motifs is 1. The molecule has 2 N–H and O–H groups in total. The number of amides is 1. The Balaban J connectivity index is 2.08. The molecule has 1 aliphatic carbocycles. The largest absolute Gasteiger partial charge is 0.465 e. The van der Waals surface area contributed by atoms with Gasteiger partial charge >= 0.3 is 6.09 Å². The molecule has 112 valence electrons. The molecule has 4 heteroatoms. The molecule has 1 aromatic carbocycles. The van der Waals surface area contributed by atoms with Crippen molar-refractivity contribution < 1.29 is 15.0 Å². The number of carbonyl (C=O) groups is 1. The van der Waals surface area contributed by atoms with Gasteiger partial charge in [0.15, 0.2) is 0 Å². The average Bonchev–Trinajstić information content (AvgIpc) is 2.75. The van der Waals surface area contributed by atoms with Gasteiger partial charge in [-0.15, -0.1) is 0 Å². The van der Waals surface area contributed by atoms with E-state index in [1.54, 1.807) is 0 Å². The van der Waals surface area contributed by atoms with Gasteiger partial charge in [0.1, 0.15) is 0 Å². The highest BCUT2D eigenvalue weighted by Crippen LogP contribution is 2.46. The monoisotopic (exact) mass is 287 g/mol. The predicted octanol–water partition coefficient (Wildman–Crippen LogP) is 3.29. The van der Waals surface area contributed by atoms with Crippen molar-refractivity contribution in [1.29, 1.82) is 0 Å². The summed E-state index contributed by atoms with van der Waals surface area (Å²) in [6.07, 6.45) is 2.17. The van der Waals surface area contributed by atoms with E-state index in [2.05, 4.69) is 13.8 Å². The SMILES string of the molecule is CC1(C)CCCN(C(=O)O)C1C1=CC(O)c2ccccc21. The van der Waals surface area contributed by atoms with Crippen LogP contribution in [0.25, 0.3) is 5.57 Å². The van der Waals surface area contributed by atoms with Crippen LogP contribution in [0.3, 0.4) is 0 Å². The van der Waals surface area contributed by atoms with Crippen molar-refractivity contribution in [3.8, 4) is 0 Å². The van der Waals surface area contributed by atoms with Crippen molar-refractivity contribution in [1.82, 2.24) is 4.90 Å². The first-order valence-corrected chi connectivity index (χ1v) is 7.40. The number of nitrogens with zero attached hydrogens (tertiary/aromatic N) is 1. The van der Waals surface area contributed by atoms with Crippen LogP contribution in [0.4, 0.5) is 4.79 Å². The third-order valence-corrected chi connectivity index (χ3v) is 4.74. The highest BCUT2D eigenvalue weighted by molar-refractivity contribution is 5.81. The maximum Gasteiger partial charge on any atom is 0.407 e. The molecular formula is C17H21NO3. The van der Waals surface area contributed by atoms with Gasteiger partial charge in [-0.25, -0.2) is 4.79 Å². The number of rotatable bonds is 1. The summed E-state index contributed by atoms with van der Waals surface area (Å²) in [6.45, 7) is 4.78. The zero-order chi connectivity index (χ0) is 15.2. The minimum Gasteiger partial charge on any atom is -0.465 e. The second kappa shape index (κ2) is 4.88. The Morgan fingerprint density at radius 2 is 2.05 bits per heavy atom. The second-order valence-electron chi connectivity index (χ2n) is 6.62. The van der Waals surface area contributed by atoms with Gasteiger partial charge < -0.3 is 15.1 Å². The highest BCUT2D eigenvalue weighted by atomic mass is 16.4. The molecule has 0 saturated carbocycles. The van der Waals surface area contributed by atoms with Gasteiger partial charge in [0.2, 0.25) is 0 Å². The summed E-state index contributed by atoms with van der Waals surface area (Å²) in [5.41, 5.74) is 2.67. The van der Waals surface area contributed by atoms with E-state index in [1.807, 2.05) is 30.3 Å². The molecule has 1 amide bonds. The molecule has 1 aliphatic heterocycles. The number of hydrogen-bond acceptors (Lipinski definition) is 2. The molecule has 2 aliphatic rings. The molecule has 0 aromatic heterocycles. The molecule has 0 radical (unpaired) electrons. The molecule has 0 bridgehead atoms. The lowest BCUT2D eigenvalue weighted by Crippen LogP contribution is -2.52. The normalized spacial score (nSPS) is 27.2. The summed E-state index contributed by atoms with van der Waals surface area (Å²) in [6, 6.07) is 7.51. The van der Waals surface area contributed by atoms with Crippen LogP contribution in [0.15, 0.2) is 30.3 Å². The zero-order valence-corrected chi connectivity index (χ0v) is 12.4. The number of piperidine rings is 1.